The number of rotatable bonds is 7. The SMILES string of the molecule is O=P(O)(O)CCCCCC(F)(F)C(F)(F)C(F)(F)F. The van der Waals surface area contributed by atoms with E-state index in [4.69, 9.17) is 9.79 Å². The van der Waals surface area contributed by atoms with Crippen molar-refractivity contribution < 1.29 is 45.1 Å². The minimum Gasteiger partial charge on any atom is -0.324 e. The summed E-state index contributed by atoms with van der Waals surface area (Å²) in [5.41, 5.74) is 0. The molecule has 0 fully saturated rings. The van der Waals surface area contributed by atoms with Crippen LogP contribution in [0, 0.1) is 0 Å². The molecule has 0 saturated carbocycles. The van der Waals surface area contributed by atoms with Crippen LogP contribution >= 0.6 is 7.60 Å². The smallest absolute Gasteiger partial charge is 0.324 e. The zero-order chi connectivity index (χ0) is 15.5. The third kappa shape index (κ3) is 5.66. The summed E-state index contributed by atoms with van der Waals surface area (Å²) in [6.45, 7) is 0. The van der Waals surface area contributed by atoms with Gasteiger partial charge in [-0.2, -0.15) is 30.7 Å². The molecule has 0 aromatic rings. The maximum atomic E-state index is 12.7. The van der Waals surface area contributed by atoms with Crippen LogP contribution in [0.4, 0.5) is 30.7 Å². The Hall–Kier alpha value is -0.340. The topological polar surface area (TPSA) is 57.5 Å². The Bertz CT molecular complexity index is 336. The van der Waals surface area contributed by atoms with Gasteiger partial charge in [-0.05, 0) is 12.8 Å². The molecule has 0 aliphatic heterocycles. The lowest BCUT2D eigenvalue weighted by Gasteiger charge is -2.28. The summed E-state index contributed by atoms with van der Waals surface area (Å²) in [7, 11) is -4.32. The van der Waals surface area contributed by atoms with E-state index in [9.17, 15) is 35.3 Å². The Balaban J connectivity index is 4.29. The average molecular weight is 320 g/mol. The summed E-state index contributed by atoms with van der Waals surface area (Å²) in [5, 5.41) is 0. The van der Waals surface area contributed by atoms with Gasteiger partial charge in [0.1, 0.15) is 0 Å². The Morgan fingerprint density at radius 1 is 0.842 bits per heavy atom. The van der Waals surface area contributed by atoms with Crippen molar-refractivity contribution in [2.24, 2.45) is 0 Å². The van der Waals surface area contributed by atoms with E-state index < -0.39 is 44.6 Å². The molecule has 0 unspecified atom stereocenters. The van der Waals surface area contributed by atoms with Crippen LogP contribution < -0.4 is 0 Å². The second-order valence-electron chi connectivity index (χ2n) is 3.98. The third-order valence-corrected chi connectivity index (χ3v) is 3.15. The minimum atomic E-state index is -6.34. The van der Waals surface area contributed by atoms with Crippen LogP contribution in [0.5, 0.6) is 0 Å². The number of hydrogen-bond acceptors (Lipinski definition) is 1. The van der Waals surface area contributed by atoms with Crippen molar-refractivity contribution in [3.8, 4) is 0 Å². The van der Waals surface area contributed by atoms with Gasteiger partial charge in [0.05, 0.1) is 0 Å². The number of halogens is 7. The molecular weight excluding hydrogens is 308 g/mol. The summed E-state index contributed by atoms with van der Waals surface area (Å²) in [5.74, 6) is -11.4. The van der Waals surface area contributed by atoms with Gasteiger partial charge in [-0.15, -0.1) is 0 Å². The fourth-order valence-electron chi connectivity index (χ4n) is 1.21. The molecular formula is C8H12F7O3P. The maximum absolute atomic E-state index is 12.7. The molecule has 11 heteroatoms. The van der Waals surface area contributed by atoms with E-state index in [1.54, 1.807) is 0 Å². The number of alkyl halides is 7. The Morgan fingerprint density at radius 2 is 1.32 bits per heavy atom. The van der Waals surface area contributed by atoms with Crippen molar-refractivity contribution in [3.05, 3.63) is 0 Å². The lowest BCUT2D eigenvalue weighted by atomic mass is 10.0. The predicted molar refractivity (Wildman–Crippen MR) is 51.3 cm³/mol. The van der Waals surface area contributed by atoms with Crippen molar-refractivity contribution in [2.75, 3.05) is 6.16 Å². The average Bonchev–Trinajstić information content (AvgIpc) is 2.12. The van der Waals surface area contributed by atoms with Crippen molar-refractivity contribution in [3.63, 3.8) is 0 Å². The fourth-order valence-corrected chi connectivity index (χ4v) is 1.84. The predicted octanol–water partition coefficient (Wildman–Crippen LogP) is 3.56. The van der Waals surface area contributed by atoms with Crippen LogP contribution in [-0.2, 0) is 4.57 Å². The number of hydrogen-bond donors (Lipinski definition) is 2. The van der Waals surface area contributed by atoms with Gasteiger partial charge in [0.25, 0.3) is 0 Å². The second-order valence-corrected chi connectivity index (χ2v) is 5.75. The Morgan fingerprint density at radius 3 is 1.68 bits per heavy atom. The van der Waals surface area contributed by atoms with Crippen LogP contribution in [0.25, 0.3) is 0 Å². The first kappa shape index (κ1) is 18.7. The molecule has 0 rings (SSSR count). The highest BCUT2D eigenvalue weighted by atomic mass is 31.2. The molecule has 0 bridgehead atoms. The molecule has 3 nitrogen and oxygen atoms in total. The molecule has 116 valence electrons. The first-order chi connectivity index (χ1) is 8.21. The van der Waals surface area contributed by atoms with Crippen molar-refractivity contribution in [1.29, 1.82) is 0 Å². The van der Waals surface area contributed by atoms with E-state index in [2.05, 4.69) is 0 Å². The molecule has 0 amide bonds. The first-order valence-corrected chi connectivity index (χ1v) is 6.87. The van der Waals surface area contributed by atoms with Crippen molar-refractivity contribution in [1.82, 2.24) is 0 Å². The first-order valence-electron chi connectivity index (χ1n) is 5.08. The van der Waals surface area contributed by atoms with Crippen LogP contribution in [0.15, 0.2) is 0 Å². The molecule has 0 aliphatic carbocycles. The van der Waals surface area contributed by atoms with E-state index in [-0.39, 0.29) is 12.8 Å². The van der Waals surface area contributed by atoms with Gasteiger partial charge >= 0.3 is 25.6 Å². The van der Waals surface area contributed by atoms with E-state index in [1.165, 1.54) is 0 Å². The molecule has 0 aromatic carbocycles. The molecule has 0 radical (unpaired) electrons. The van der Waals surface area contributed by atoms with E-state index in [0.717, 1.165) is 0 Å². The molecule has 0 aromatic heterocycles. The Kier molecular flexibility index (Phi) is 5.86. The highest BCUT2D eigenvalue weighted by Crippen LogP contribution is 2.48. The molecule has 0 saturated heterocycles. The zero-order valence-corrected chi connectivity index (χ0v) is 10.3. The highest BCUT2D eigenvalue weighted by molar-refractivity contribution is 7.51. The summed E-state index contributed by atoms with van der Waals surface area (Å²) in [6.07, 6.45) is -9.90. The summed E-state index contributed by atoms with van der Waals surface area (Å²) in [6, 6.07) is 0. The van der Waals surface area contributed by atoms with Crippen LogP contribution in [-0.4, -0.2) is 34.0 Å². The minimum absolute atomic E-state index is 0.238. The van der Waals surface area contributed by atoms with E-state index in [1.807, 2.05) is 0 Å². The van der Waals surface area contributed by atoms with Gasteiger partial charge in [-0.25, -0.2) is 0 Å². The van der Waals surface area contributed by atoms with Crippen LogP contribution in [0.1, 0.15) is 25.7 Å². The summed E-state index contributed by atoms with van der Waals surface area (Å²) >= 11 is 0. The van der Waals surface area contributed by atoms with Crippen LogP contribution in [0.3, 0.4) is 0 Å². The van der Waals surface area contributed by atoms with Gasteiger partial charge in [0.2, 0.25) is 0 Å². The van der Waals surface area contributed by atoms with Crippen molar-refractivity contribution in [2.45, 2.75) is 43.7 Å². The monoisotopic (exact) mass is 320 g/mol. The molecule has 0 spiro atoms. The van der Waals surface area contributed by atoms with Crippen LogP contribution in [0.2, 0.25) is 0 Å². The highest BCUT2D eigenvalue weighted by Gasteiger charge is 2.72. The molecule has 0 aliphatic rings. The standard InChI is InChI=1S/C8H12F7O3P/c9-6(10,7(11,12)8(13,14)15)4-2-1-3-5-19(16,17)18/h1-5H2,(H2,16,17,18). The normalized spacial score (nSPS) is 14.8. The molecule has 0 heterocycles. The van der Waals surface area contributed by atoms with Crippen molar-refractivity contribution >= 4 is 7.60 Å². The molecule has 2 N–H and O–H groups in total. The largest absolute Gasteiger partial charge is 0.459 e. The van der Waals surface area contributed by atoms with Gasteiger partial charge in [0, 0.05) is 12.6 Å². The van der Waals surface area contributed by atoms with Gasteiger partial charge in [-0.3, -0.25) is 4.57 Å². The second kappa shape index (κ2) is 5.97. The lowest BCUT2D eigenvalue weighted by molar-refractivity contribution is -0.355. The number of unbranched alkanes of at least 4 members (excludes halogenated alkanes) is 2. The van der Waals surface area contributed by atoms with E-state index >= 15 is 0 Å². The van der Waals surface area contributed by atoms with Gasteiger partial charge in [-0.1, -0.05) is 6.42 Å². The Labute approximate surface area is 104 Å². The molecule has 19 heavy (non-hydrogen) atoms. The molecule has 0 atom stereocenters. The third-order valence-electron chi connectivity index (χ3n) is 2.26. The lowest BCUT2D eigenvalue weighted by Crippen LogP contribution is -2.51. The van der Waals surface area contributed by atoms with Gasteiger partial charge < -0.3 is 9.79 Å². The summed E-state index contributed by atoms with van der Waals surface area (Å²) in [4.78, 5) is 16.8. The van der Waals surface area contributed by atoms with E-state index in [0.29, 0.717) is 0 Å². The quantitative estimate of drug-likeness (QED) is 0.428. The maximum Gasteiger partial charge on any atom is 0.459 e. The summed E-state index contributed by atoms with van der Waals surface area (Å²) < 4.78 is 95.8. The van der Waals surface area contributed by atoms with Gasteiger partial charge in [0.15, 0.2) is 0 Å². The zero-order valence-electron chi connectivity index (χ0n) is 9.43. The fraction of sp³-hybridized carbons (Fsp3) is 1.00.